The van der Waals surface area contributed by atoms with Gasteiger partial charge in [0.25, 0.3) is 0 Å². The Morgan fingerprint density at radius 3 is 2.61 bits per heavy atom. The molecular weight excluding hydrogens is 354 g/mol. The maximum absolute atomic E-state index is 12.7. The number of rotatable bonds is 4. The van der Waals surface area contributed by atoms with Gasteiger partial charge in [0.05, 0.1) is 6.61 Å². The number of carbonyl (C=O) groups is 2. The normalized spacial score (nSPS) is 13.2. The minimum absolute atomic E-state index is 0.112. The molecule has 0 unspecified atom stereocenters. The number of carbonyl (C=O) groups excluding carboxylic acids is 2. The summed E-state index contributed by atoms with van der Waals surface area (Å²) in [7, 11) is 0. The highest BCUT2D eigenvalue weighted by Gasteiger charge is 2.27. The van der Waals surface area contributed by atoms with Crippen molar-refractivity contribution in [2.45, 2.75) is 26.4 Å². The van der Waals surface area contributed by atoms with Crippen LogP contribution in [0.2, 0.25) is 0 Å². The molecule has 0 saturated heterocycles. The lowest BCUT2D eigenvalue weighted by atomic mass is 10.0. The Labute approximate surface area is 163 Å². The molecule has 1 aliphatic rings. The van der Waals surface area contributed by atoms with Crippen LogP contribution in [0.3, 0.4) is 0 Å². The maximum atomic E-state index is 12.7. The lowest BCUT2D eigenvalue weighted by Crippen LogP contribution is -2.39. The van der Waals surface area contributed by atoms with Gasteiger partial charge in [0, 0.05) is 47.4 Å². The SMILES string of the molecule is CCOC(=O)Cn1c2c(c3ccccc31)CN(C(=O)Nc1ccccc1)CC2. The van der Waals surface area contributed by atoms with Gasteiger partial charge in [-0.2, -0.15) is 0 Å². The summed E-state index contributed by atoms with van der Waals surface area (Å²) in [6.07, 6.45) is 0.700. The maximum Gasteiger partial charge on any atom is 0.325 e. The fraction of sp³-hybridized carbons (Fsp3) is 0.273. The second kappa shape index (κ2) is 7.76. The van der Waals surface area contributed by atoms with Crippen LogP contribution < -0.4 is 5.32 Å². The highest BCUT2D eigenvalue weighted by atomic mass is 16.5. The van der Waals surface area contributed by atoms with Crippen molar-refractivity contribution in [2.24, 2.45) is 0 Å². The molecule has 6 heteroatoms. The zero-order valence-electron chi connectivity index (χ0n) is 15.9. The predicted octanol–water partition coefficient (Wildman–Crippen LogP) is 3.79. The van der Waals surface area contributed by atoms with Crippen molar-refractivity contribution in [1.29, 1.82) is 0 Å². The quantitative estimate of drug-likeness (QED) is 0.704. The molecule has 0 saturated carbocycles. The molecule has 3 aromatic rings. The minimum atomic E-state index is -0.240. The Balaban J connectivity index is 1.61. The molecule has 0 spiro atoms. The number of amides is 2. The van der Waals surface area contributed by atoms with Crippen LogP contribution in [0.25, 0.3) is 10.9 Å². The van der Waals surface area contributed by atoms with Gasteiger partial charge >= 0.3 is 12.0 Å². The molecule has 4 rings (SSSR count). The first kappa shape index (κ1) is 18.1. The second-order valence-corrected chi connectivity index (χ2v) is 6.80. The van der Waals surface area contributed by atoms with E-state index in [1.807, 2.05) is 64.9 Å². The van der Waals surface area contributed by atoms with Crippen molar-refractivity contribution in [3.8, 4) is 0 Å². The summed E-state index contributed by atoms with van der Waals surface area (Å²) >= 11 is 0. The van der Waals surface area contributed by atoms with E-state index in [1.165, 1.54) is 0 Å². The van der Waals surface area contributed by atoms with Crippen molar-refractivity contribution < 1.29 is 14.3 Å². The van der Waals surface area contributed by atoms with Gasteiger partial charge in [0.2, 0.25) is 0 Å². The van der Waals surface area contributed by atoms with E-state index >= 15 is 0 Å². The molecule has 1 aliphatic heterocycles. The smallest absolute Gasteiger partial charge is 0.325 e. The Bertz CT molecular complexity index is 1010. The van der Waals surface area contributed by atoms with E-state index < -0.39 is 0 Å². The van der Waals surface area contributed by atoms with Crippen LogP contribution in [-0.4, -0.2) is 34.6 Å². The second-order valence-electron chi connectivity index (χ2n) is 6.80. The number of hydrogen-bond acceptors (Lipinski definition) is 3. The summed E-state index contributed by atoms with van der Waals surface area (Å²) in [5.41, 5.74) is 4.00. The van der Waals surface area contributed by atoms with Crippen LogP contribution in [0, 0.1) is 0 Å². The largest absolute Gasteiger partial charge is 0.465 e. The predicted molar refractivity (Wildman–Crippen MR) is 108 cm³/mol. The molecule has 2 amide bonds. The van der Waals surface area contributed by atoms with Gasteiger partial charge in [-0.25, -0.2) is 4.79 Å². The van der Waals surface area contributed by atoms with E-state index in [4.69, 9.17) is 4.74 Å². The van der Waals surface area contributed by atoms with E-state index in [1.54, 1.807) is 0 Å². The molecular formula is C22H23N3O3. The third-order valence-electron chi connectivity index (χ3n) is 5.07. The van der Waals surface area contributed by atoms with E-state index in [0.717, 1.165) is 27.8 Å². The van der Waals surface area contributed by atoms with Crippen LogP contribution in [0.4, 0.5) is 10.5 Å². The van der Waals surface area contributed by atoms with Crippen molar-refractivity contribution >= 4 is 28.6 Å². The highest BCUT2D eigenvalue weighted by Crippen LogP contribution is 2.31. The first-order valence-corrected chi connectivity index (χ1v) is 9.53. The summed E-state index contributed by atoms with van der Waals surface area (Å²) in [5, 5.41) is 4.03. The topological polar surface area (TPSA) is 63.6 Å². The third kappa shape index (κ3) is 3.45. The van der Waals surface area contributed by atoms with Crippen molar-refractivity contribution in [3.63, 3.8) is 0 Å². The van der Waals surface area contributed by atoms with Crippen molar-refractivity contribution in [3.05, 3.63) is 65.9 Å². The lowest BCUT2D eigenvalue weighted by molar-refractivity contribution is -0.143. The Hall–Kier alpha value is -3.28. The number of ether oxygens (including phenoxy) is 1. The molecule has 1 N–H and O–H groups in total. The monoisotopic (exact) mass is 377 g/mol. The number of nitrogens with one attached hydrogen (secondary N) is 1. The number of anilines is 1. The van der Waals surface area contributed by atoms with Crippen LogP contribution >= 0.6 is 0 Å². The number of benzene rings is 2. The standard InChI is InChI=1S/C22H23N3O3/c1-2-28-21(26)15-25-19-11-7-6-10-17(19)18-14-24(13-12-20(18)25)22(27)23-16-8-4-3-5-9-16/h3-11H,2,12-15H2,1H3,(H,23,27). The number of aromatic nitrogens is 1. The van der Waals surface area contributed by atoms with Gasteiger partial charge in [-0.05, 0) is 25.1 Å². The average Bonchev–Trinajstić information content (AvgIpc) is 3.02. The Morgan fingerprint density at radius 1 is 1.07 bits per heavy atom. The van der Waals surface area contributed by atoms with Gasteiger partial charge in [0.15, 0.2) is 0 Å². The molecule has 1 aromatic heterocycles. The fourth-order valence-electron chi connectivity index (χ4n) is 3.81. The van der Waals surface area contributed by atoms with Crippen molar-refractivity contribution in [2.75, 3.05) is 18.5 Å². The lowest BCUT2D eigenvalue weighted by Gasteiger charge is -2.28. The summed E-state index contributed by atoms with van der Waals surface area (Å²) in [4.78, 5) is 26.6. The number of fused-ring (bicyclic) bond motifs is 3. The number of nitrogens with zero attached hydrogens (tertiary/aromatic N) is 2. The molecule has 2 heterocycles. The van der Waals surface area contributed by atoms with E-state index in [2.05, 4.69) is 11.4 Å². The van der Waals surface area contributed by atoms with E-state index in [9.17, 15) is 9.59 Å². The summed E-state index contributed by atoms with van der Waals surface area (Å²) in [6.45, 7) is 3.49. The van der Waals surface area contributed by atoms with Gasteiger partial charge in [-0.1, -0.05) is 36.4 Å². The molecule has 6 nitrogen and oxygen atoms in total. The minimum Gasteiger partial charge on any atom is -0.465 e. The molecule has 28 heavy (non-hydrogen) atoms. The summed E-state index contributed by atoms with van der Waals surface area (Å²) in [6, 6.07) is 17.4. The van der Waals surface area contributed by atoms with E-state index in [0.29, 0.717) is 26.1 Å². The zero-order chi connectivity index (χ0) is 19.5. The number of esters is 1. The first-order valence-electron chi connectivity index (χ1n) is 9.53. The van der Waals surface area contributed by atoms with Crippen LogP contribution in [-0.2, 0) is 29.0 Å². The molecule has 2 aromatic carbocycles. The average molecular weight is 377 g/mol. The number of urea groups is 1. The zero-order valence-corrected chi connectivity index (χ0v) is 15.9. The Morgan fingerprint density at radius 2 is 1.82 bits per heavy atom. The van der Waals surface area contributed by atoms with Crippen LogP contribution in [0.5, 0.6) is 0 Å². The van der Waals surface area contributed by atoms with E-state index in [-0.39, 0.29) is 18.5 Å². The van der Waals surface area contributed by atoms with Gasteiger partial charge < -0.3 is 19.5 Å². The van der Waals surface area contributed by atoms with Crippen molar-refractivity contribution in [1.82, 2.24) is 9.47 Å². The third-order valence-corrected chi connectivity index (χ3v) is 5.07. The first-order chi connectivity index (χ1) is 13.7. The molecule has 0 radical (unpaired) electrons. The number of hydrogen-bond donors (Lipinski definition) is 1. The fourth-order valence-corrected chi connectivity index (χ4v) is 3.81. The number of para-hydroxylation sites is 2. The molecule has 144 valence electrons. The van der Waals surface area contributed by atoms with Gasteiger partial charge in [0.1, 0.15) is 6.54 Å². The summed E-state index contributed by atoms with van der Waals surface area (Å²) in [5.74, 6) is -0.240. The van der Waals surface area contributed by atoms with Crippen LogP contribution in [0.15, 0.2) is 54.6 Å². The molecule has 0 bridgehead atoms. The van der Waals surface area contributed by atoms with Gasteiger partial charge in [-0.15, -0.1) is 0 Å². The molecule has 0 fully saturated rings. The van der Waals surface area contributed by atoms with Crippen LogP contribution in [0.1, 0.15) is 18.2 Å². The Kier molecular flexibility index (Phi) is 5.02. The highest BCUT2D eigenvalue weighted by molar-refractivity contribution is 5.91. The molecule has 0 aliphatic carbocycles. The summed E-state index contributed by atoms with van der Waals surface area (Å²) < 4.78 is 7.18. The van der Waals surface area contributed by atoms with Gasteiger partial charge in [-0.3, -0.25) is 4.79 Å². The molecule has 0 atom stereocenters.